The van der Waals surface area contributed by atoms with Gasteiger partial charge in [0.1, 0.15) is 0 Å². The highest BCUT2D eigenvalue weighted by atomic mass is 35.5. The third kappa shape index (κ3) is 24.0. The van der Waals surface area contributed by atoms with Crippen molar-refractivity contribution in [2.75, 3.05) is 105 Å². The van der Waals surface area contributed by atoms with Gasteiger partial charge in [0.05, 0.1) is 99.1 Å². The van der Waals surface area contributed by atoms with Crippen molar-refractivity contribution in [1.82, 2.24) is 0 Å². The molecule has 0 amide bonds. The van der Waals surface area contributed by atoms with Crippen molar-refractivity contribution < 1.29 is 38.3 Å². The molecule has 0 atom stereocenters. The van der Waals surface area contributed by atoms with Crippen LogP contribution in [0.5, 0.6) is 0 Å². The highest BCUT2D eigenvalue weighted by Crippen LogP contribution is 1.85. The predicted molar refractivity (Wildman–Crippen MR) is 93.5 cm³/mol. The Morgan fingerprint density at radius 1 is 0.400 bits per heavy atom. The van der Waals surface area contributed by atoms with Crippen LogP contribution < -0.4 is 0 Å². The molecule has 0 radical (unpaired) electrons. The molecule has 0 saturated heterocycles. The minimum atomic E-state index is 0.0345. The highest BCUT2D eigenvalue weighted by molar-refractivity contribution is 6.17. The minimum Gasteiger partial charge on any atom is -0.394 e. The summed E-state index contributed by atoms with van der Waals surface area (Å²) in [6, 6.07) is 0. The maximum absolute atomic E-state index is 8.51. The van der Waals surface area contributed by atoms with E-state index < -0.39 is 0 Å². The molecule has 0 saturated carbocycles. The molecule has 0 fully saturated rings. The summed E-state index contributed by atoms with van der Waals surface area (Å²) in [5.74, 6) is 0.503. The SMILES string of the molecule is OCCOCCOCCOCCOCCOCCOCCOCCCl. The molecule has 152 valence electrons. The number of alkyl halides is 1. The molecule has 0 aliphatic carbocycles. The maximum atomic E-state index is 8.51. The average Bonchev–Trinajstić information content (AvgIpc) is 2.63. The zero-order chi connectivity index (χ0) is 18.3. The summed E-state index contributed by atoms with van der Waals surface area (Å²) in [6.07, 6.45) is 0. The van der Waals surface area contributed by atoms with Crippen LogP contribution in [-0.2, 0) is 33.2 Å². The van der Waals surface area contributed by atoms with E-state index in [1.807, 2.05) is 0 Å². The van der Waals surface area contributed by atoms with Crippen molar-refractivity contribution in [2.45, 2.75) is 0 Å². The molecule has 0 aromatic heterocycles. The van der Waals surface area contributed by atoms with Crippen LogP contribution in [0.4, 0.5) is 0 Å². The van der Waals surface area contributed by atoms with Gasteiger partial charge >= 0.3 is 0 Å². The van der Waals surface area contributed by atoms with Gasteiger partial charge in [-0.3, -0.25) is 0 Å². The summed E-state index contributed by atoms with van der Waals surface area (Å²) in [5.41, 5.74) is 0. The van der Waals surface area contributed by atoms with E-state index in [1.165, 1.54) is 0 Å². The van der Waals surface area contributed by atoms with Crippen LogP contribution >= 0.6 is 11.6 Å². The van der Waals surface area contributed by atoms with E-state index in [1.54, 1.807) is 0 Å². The predicted octanol–water partition coefficient (Wildman–Crippen LogP) is 0.334. The largest absolute Gasteiger partial charge is 0.394 e. The van der Waals surface area contributed by atoms with E-state index in [4.69, 9.17) is 49.9 Å². The van der Waals surface area contributed by atoms with Crippen LogP contribution in [0.25, 0.3) is 0 Å². The first-order valence-corrected chi connectivity index (χ1v) is 9.16. The van der Waals surface area contributed by atoms with Crippen molar-refractivity contribution in [2.24, 2.45) is 0 Å². The van der Waals surface area contributed by atoms with Gasteiger partial charge in [0.25, 0.3) is 0 Å². The smallest absolute Gasteiger partial charge is 0.0701 e. The van der Waals surface area contributed by atoms with Crippen molar-refractivity contribution in [3.63, 3.8) is 0 Å². The van der Waals surface area contributed by atoms with Crippen LogP contribution in [0.3, 0.4) is 0 Å². The Morgan fingerprint density at radius 2 is 0.640 bits per heavy atom. The Bertz CT molecular complexity index is 214. The van der Waals surface area contributed by atoms with Crippen LogP contribution in [0.15, 0.2) is 0 Å². The Labute approximate surface area is 155 Å². The summed E-state index contributed by atoms with van der Waals surface area (Å²) in [7, 11) is 0. The zero-order valence-corrected chi connectivity index (χ0v) is 15.8. The van der Waals surface area contributed by atoms with Crippen LogP contribution in [-0.4, -0.2) is 110 Å². The second-order valence-corrected chi connectivity index (χ2v) is 5.08. The molecule has 9 heteroatoms. The average molecular weight is 389 g/mol. The highest BCUT2D eigenvalue weighted by Gasteiger charge is 1.94. The second kappa shape index (κ2) is 24.0. The monoisotopic (exact) mass is 388 g/mol. The fraction of sp³-hybridized carbons (Fsp3) is 1.00. The molecule has 1 N–H and O–H groups in total. The fourth-order valence-electron chi connectivity index (χ4n) is 1.54. The molecular weight excluding hydrogens is 356 g/mol. The Balaban J connectivity index is 2.94. The van der Waals surface area contributed by atoms with Crippen LogP contribution in [0.2, 0.25) is 0 Å². The summed E-state index contributed by atoms with van der Waals surface area (Å²) in [5, 5.41) is 8.51. The van der Waals surface area contributed by atoms with E-state index in [9.17, 15) is 0 Å². The third-order valence-corrected chi connectivity index (χ3v) is 2.84. The van der Waals surface area contributed by atoms with Gasteiger partial charge in [-0.15, -0.1) is 11.6 Å². The molecule has 0 aliphatic rings. The lowest BCUT2D eigenvalue weighted by Crippen LogP contribution is -2.14. The number of aliphatic hydroxyl groups excluding tert-OH is 1. The van der Waals surface area contributed by atoms with Crippen molar-refractivity contribution >= 4 is 11.6 Å². The topological polar surface area (TPSA) is 84.8 Å². The van der Waals surface area contributed by atoms with Crippen molar-refractivity contribution in [1.29, 1.82) is 0 Å². The first-order valence-electron chi connectivity index (χ1n) is 8.62. The first kappa shape index (κ1) is 25.0. The van der Waals surface area contributed by atoms with E-state index in [-0.39, 0.29) is 6.61 Å². The van der Waals surface area contributed by atoms with Gasteiger partial charge in [0, 0.05) is 5.88 Å². The summed E-state index contributed by atoms with van der Waals surface area (Å²) < 4.78 is 36.9. The molecule has 0 aromatic carbocycles. The van der Waals surface area contributed by atoms with Gasteiger partial charge in [-0.1, -0.05) is 0 Å². The molecular formula is C16H33ClO8. The van der Waals surface area contributed by atoms with E-state index in [0.717, 1.165) is 0 Å². The number of rotatable bonds is 22. The van der Waals surface area contributed by atoms with Gasteiger partial charge in [-0.2, -0.15) is 0 Å². The molecule has 0 aromatic rings. The van der Waals surface area contributed by atoms with E-state index >= 15 is 0 Å². The van der Waals surface area contributed by atoms with Crippen LogP contribution in [0, 0.1) is 0 Å². The van der Waals surface area contributed by atoms with Gasteiger partial charge in [0.15, 0.2) is 0 Å². The molecule has 0 unspecified atom stereocenters. The Hall–Kier alpha value is -0.0300. The number of aliphatic hydroxyl groups is 1. The Morgan fingerprint density at radius 3 is 0.880 bits per heavy atom. The zero-order valence-electron chi connectivity index (χ0n) is 15.0. The number of ether oxygens (including phenoxy) is 7. The number of hydrogen-bond donors (Lipinski definition) is 1. The molecule has 0 bridgehead atoms. The van der Waals surface area contributed by atoms with Crippen LogP contribution in [0.1, 0.15) is 0 Å². The molecule has 0 spiro atoms. The van der Waals surface area contributed by atoms with Gasteiger partial charge in [-0.05, 0) is 0 Å². The molecule has 0 aliphatic heterocycles. The lowest BCUT2D eigenvalue weighted by Gasteiger charge is -2.08. The van der Waals surface area contributed by atoms with Gasteiger partial charge < -0.3 is 38.3 Å². The molecule has 0 rings (SSSR count). The van der Waals surface area contributed by atoms with Crippen molar-refractivity contribution in [3.05, 3.63) is 0 Å². The van der Waals surface area contributed by atoms with Gasteiger partial charge in [-0.25, -0.2) is 0 Å². The minimum absolute atomic E-state index is 0.0345. The summed E-state index contributed by atoms with van der Waals surface area (Å²) in [6.45, 7) is 7.24. The molecule has 0 heterocycles. The molecule has 25 heavy (non-hydrogen) atoms. The Kier molecular flexibility index (Phi) is 23.9. The summed E-state index contributed by atoms with van der Waals surface area (Å²) in [4.78, 5) is 0. The fourth-order valence-corrected chi connectivity index (χ4v) is 1.65. The normalized spacial score (nSPS) is 11.3. The maximum Gasteiger partial charge on any atom is 0.0701 e. The standard InChI is InChI=1S/C16H33ClO8/c17-1-3-19-5-7-21-9-11-23-13-15-25-16-14-24-12-10-22-8-6-20-4-2-18/h18H,1-16H2. The van der Waals surface area contributed by atoms with E-state index in [0.29, 0.717) is 98.4 Å². The third-order valence-electron chi connectivity index (χ3n) is 2.69. The second-order valence-electron chi connectivity index (χ2n) is 4.70. The summed E-state index contributed by atoms with van der Waals surface area (Å²) >= 11 is 5.47. The molecule has 8 nitrogen and oxygen atoms in total. The lowest BCUT2D eigenvalue weighted by molar-refractivity contribution is -0.0211. The van der Waals surface area contributed by atoms with Crippen molar-refractivity contribution in [3.8, 4) is 0 Å². The lowest BCUT2D eigenvalue weighted by atomic mass is 10.6. The quantitative estimate of drug-likeness (QED) is 0.210. The van der Waals surface area contributed by atoms with E-state index in [2.05, 4.69) is 0 Å². The number of hydrogen-bond acceptors (Lipinski definition) is 8. The first-order chi connectivity index (χ1) is 12.4. The number of halogens is 1. The van der Waals surface area contributed by atoms with Gasteiger partial charge in [0.2, 0.25) is 0 Å².